The molecule has 3 aromatic rings. The molecule has 2 aromatic heterocycles. The lowest BCUT2D eigenvalue weighted by molar-refractivity contribution is -0.118. The summed E-state index contributed by atoms with van der Waals surface area (Å²) in [6.45, 7) is 0.546. The maximum Gasteiger partial charge on any atom is 0.233 e. The van der Waals surface area contributed by atoms with E-state index in [1.54, 1.807) is 12.1 Å². The third-order valence-corrected chi connectivity index (χ3v) is 8.26. The summed E-state index contributed by atoms with van der Waals surface area (Å²) in [5, 5.41) is 6.29. The number of nitrogens with zero attached hydrogens (tertiary/aromatic N) is 2. The van der Waals surface area contributed by atoms with Gasteiger partial charge in [-0.1, -0.05) is 58.5 Å². The Morgan fingerprint density at radius 2 is 2.03 bits per heavy atom. The van der Waals surface area contributed by atoms with Crippen LogP contribution in [0.25, 0.3) is 5.57 Å². The van der Waals surface area contributed by atoms with E-state index in [0.29, 0.717) is 25.9 Å². The van der Waals surface area contributed by atoms with E-state index in [1.807, 2.05) is 29.1 Å². The van der Waals surface area contributed by atoms with Crippen LogP contribution in [0.2, 0.25) is 19.4 Å². The van der Waals surface area contributed by atoms with Crippen LogP contribution in [0.4, 0.5) is 0 Å². The third kappa shape index (κ3) is 5.62. The number of carbonyl (C=O) groups excluding carboxylic acids is 1. The molecule has 0 saturated heterocycles. The lowest BCUT2D eigenvalue weighted by atomic mass is 9.92. The van der Waals surface area contributed by atoms with E-state index in [-0.39, 0.29) is 12.3 Å². The Hall–Kier alpha value is -1.15. The standard InChI is InChI=1S/C21H17Cl4N3OS2/c22-15-6-4-14(16(23)8-15)11-28-20-12(2-1-3-13(20)10-26-28)5-7-18(29)27-31-19-9-17(24)21(25)30-19/h4-6,8-10H,1-3,7,11H2,(H,27,29)/b12-5+. The predicted molar refractivity (Wildman–Crippen MR) is 132 cm³/mol. The van der Waals surface area contributed by atoms with Crippen molar-refractivity contribution in [2.45, 2.75) is 36.4 Å². The zero-order valence-corrected chi connectivity index (χ0v) is 20.8. The topological polar surface area (TPSA) is 46.9 Å². The first kappa shape index (κ1) is 23.0. The number of carbonyl (C=O) groups is 1. The lowest BCUT2D eigenvalue weighted by Gasteiger charge is -2.18. The fourth-order valence-electron chi connectivity index (χ4n) is 3.44. The third-order valence-electron chi connectivity index (χ3n) is 4.87. The summed E-state index contributed by atoms with van der Waals surface area (Å²) in [4.78, 5) is 12.4. The van der Waals surface area contributed by atoms with E-state index < -0.39 is 0 Å². The quantitative estimate of drug-likeness (QED) is 0.333. The molecular formula is C21H17Cl4N3OS2. The van der Waals surface area contributed by atoms with Gasteiger partial charge in [-0.2, -0.15) is 5.10 Å². The van der Waals surface area contributed by atoms with Crippen LogP contribution in [0.5, 0.6) is 0 Å². The van der Waals surface area contributed by atoms with E-state index in [4.69, 9.17) is 46.4 Å². The van der Waals surface area contributed by atoms with Crippen LogP contribution in [-0.4, -0.2) is 15.7 Å². The van der Waals surface area contributed by atoms with E-state index in [2.05, 4.69) is 9.82 Å². The molecular weight excluding hydrogens is 516 g/mol. The summed E-state index contributed by atoms with van der Waals surface area (Å²) in [5.41, 5.74) is 4.35. The van der Waals surface area contributed by atoms with Crippen LogP contribution < -0.4 is 4.72 Å². The first-order chi connectivity index (χ1) is 14.9. The number of rotatable bonds is 6. The number of benzene rings is 1. The zero-order chi connectivity index (χ0) is 22.0. The average Bonchev–Trinajstić information content (AvgIpc) is 3.30. The molecule has 4 nitrogen and oxygen atoms in total. The second kappa shape index (κ2) is 10.2. The van der Waals surface area contributed by atoms with Gasteiger partial charge in [0.2, 0.25) is 5.91 Å². The minimum absolute atomic E-state index is 0.0860. The molecule has 2 heterocycles. The van der Waals surface area contributed by atoms with Crippen LogP contribution in [0.3, 0.4) is 0 Å². The van der Waals surface area contributed by atoms with Gasteiger partial charge in [0.1, 0.15) is 4.34 Å². The van der Waals surface area contributed by atoms with Crippen molar-refractivity contribution in [3.8, 4) is 0 Å². The van der Waals surface area contributed by atoms with Crippen molar-refractivity contribution < 1.29 is 4.79 Å². The van der Waals surface area contributed by atoms with Gasteiger partial charge in [-0.3, -0.25) is 14.2 Å². The molecule has 1 amide bonds. The van der Waals surface area contributed by atoms with Crippen LogP contribution in [0, 0.1) is 0 Å². The minimum atomic E-state index is -0.0860. The van der Waals surface area contributed by atoms with Gasteiger partial charge in [-0.05, 0) is 66.1 Å². The number of nitrogens with one attached hydrogen (secondary N) is 1. The summed E-state index contributed by atoms with van der Waals surface area (Å²) in [7, 11) is 0. The molecule has 4 rings (SSSR count). The molecule has 0 aliphatic heterocycles. The average molecular weight is 533 g/mol. The van der Waals surface area contributed by atoms with Gasteiger partial charge in [0, 0.05) is 16.5 Å². The molecule has 1 N–H and O–H groups in total. The molecule has 1 aliphatic carbocycles. The second-order valence-electron chi connectivity index (χ2n) is 7.01. The summed E-state index contributed by atoms with van der Waals surface area (Å²) in [6, 6.07) is 7.22. The highest BCUT2D eigenvalue weighted by molar-refractivity contribution is 7.99. The summed E-state index contributed by atoms with van der Waals surface area (Å²) in [5.74, 6) is -0.0860. The van der Waals surface area contributed by atoms with E-state index in [9.17, 15) is 4.79 Å². The number of hydrogen-bond acceptors (Lipinski definition) is 4. The van der Waals surface area contributed by atoms with E-state index in [0.717, 1.165) is 40.3 Å². The maximum absolute atomic E-state index is 12.4. The fourth-order valence-corrected chi connectivity index (χ4v) is 6.23. The van der Waals surface area contributed by atoms with Crippen LogP contribution in [0.1, 0.15) is 36.1 Å². The van der Waals surface area contributed by atoms with Crippen molar-refractivity contribution in [3.63, 3.8) is 0 Å². The van der Waals surface area contributed by atoms with Crippen LogP contribution in [0.15, 0.2) is 40.7 Å². The second-order valence-corrected chi connectivity index (χ2v) is 11.0. The largest absolute Gasteiger partial charge is 0.295 e. The number of thiophene rings is 1. The molecule has 0 atom stereocenters. The van der Waals surface area contributed by atoms with E-state index in [1.165, 1.54) is 28.8 Å². The van der Waals surface area contributed by atoms with Gasteiger partial charge < -0.3 is 0 Å². The smallest absolute Gasteiger partial charge is 0.233 e. The van der Waals surface area contributed by atoms with Gasteiger partial charge in [0.15, 0.2) is 0 Å². The Balaban J connectivity index is 1.46. The van der Waals surface area contributed by atoms with Crippen molar-refractivity contribution in [2.24, 2.45) is 0 Å². The van der Waals surface area contributed by atoms with Crippen molar-refractivity contribution >= 4 is 81.2 Å². The Labute approximate surface area is 208 Å². The monoisotopic (exact) mass is 531 g/mol. The SMILES string of the molecule is O=C(C/C=C1\CCCc2cnn(Cc3ccc(Cl)cc3Cl)c21)NSc1cc(Cl)c(Cl)s1. The van der Waals surface area contributed by atoms with Crippen molar-refractivity contribution in [1.29, 1.82) is 0 Å². The molecule has 10 heteroatoms. The number of aromatic nitrogens is 2. The van der Waals surface area contributed by atoms with Crippen LogP contribution in [-0.2, 0) is 17.8 Å². The van der Waals surface area contributed by atoms with Crippen molar-refractivity contribution in [1.82, 2.24) is 14.5 Å². The first-order valence-electron chi connectivity index (χ1n) is 9.49. The highest BCUT2D eigenvalue weighted by Gasteiger charge is 2.20. The Kier molecular flexibility index (Phi) is 7.57. The Morgan fingerprint density at radius 3 is 2.77 bits per heavy atom. The van der Waals surface area contributed by atoms with Crippen molar-refractivity contribution in [2.75, 3.05) is 0 Å². The molecule has 0 bridgehead atoms. The zero-order valence-electron chi connectivity index (χ0n) is 16.1. The van der Waals surface area contributed by atoms with Gasteiger partial charge >= 0.3 is 0 Å². The molecule has 162 valence electrons. The van der Waals surface area contributed by atoms with Gasteiger partial charge in [0.25, 0.3) is 0 Å². The molecule has 0 spiro atoms. The normalized spacial score (nSPS) is 14.6. The Morgan fingerprint density at radius 1 is 1.19 bits per heavy atom. The minimum Gasteiger partial charge on any atom is -0.295 e. The molecule has 0 saturated carbocycles. The fraction of sp³-hybridized carbons (Fsp3) is 0.238. The number of hydrogen-bond donors (Lipinski definition) is 1. The van der Waals surface area contributed by atoms with Crippen LogP contribution >= 0.6 is 69.7 Å². The molecule has 1 aliphatic rings. The number of amides is 1. The predicted octanol–water partition coefficient (Wildman–Crippen LogP) is 7.54. The lowest BCUT2D eigenvalue weighted by Crippen LogP contribution is -2.15. The highest BCUT2D eigenvalue weighted by Crippen LogP contribution is 2.36. The van der Waals surface area contributed by atoms with Gasteiger partial charge in [-0.15, -0.1) is 11.3 Å². The number of aryl methyl sites for hydroxylation is 1. The van der Waals surface area contributed by atoms with Gasteiger partial charge in [0.05, 0.1) is 27.7 Å². The molecule has 0 unspecified atom stereocenters. The van der Waals surface area contributed by atoms with Crippen molar-refractivity contribution in [3.05, 3.63) is 72.8 Å². The summed E-state index contributed by atoms with van der Waals surface area (Å²) < 4.78 is 6.15. The maximum atomic E-state index is 12.4. The molecule has 1 aromatic carbocycles. The Bertz CT molecular complexity index is 1140. The number of allylic oxidation sites excluding steroid dienone is 1. The van der Waals surface area contributed by atoms with Gasteiger partial charge in [-0.25, -0.2) is 0 Å². The molecule has 0 fully saturated rings. The van der Waals surface area contributed by atoms with E-state index >= 15 is 0 Å². The summed E-state index contributed by atoms with van der Waals surface area (Å²) in [6.07, 6.45) is 7.10. The first-order valence-corrected chi connectivity index (χ1v) is 12.6. The summed E-state index contributed by atoms with van der Waals surface area (Å²) >= 11 is 26.8. The number of halogens is 4. The molecule has 31 heavy (non-hydrogen) atoms. The number of fused-ring (bicyclic) bond motifs is 1. The highest BCUT2D eigenvalue weighted by atomic mass is 35.5. The molecule has 0 radical (unpaired) electrons.